The molecule has 0 aromatic rings. The summed E-state index contributed by atoms with van der Waals surface area (Å²) < 4.78 is 0. The summed E-state index contributed by atoms with van der Waals surface area (Å²) in [4.78, 5) is 18.7. The second-order valence-electron chi connectivity index (χ2n) is 1.99. The molecule has 0 amide bonds. The van der Waals surface area contributed by atoms with Crippen LogP contribution in [0.15, 0.2) is 0 Å². The van der Waals surface area contributed by atoms with Crippen LogP contribution in [0.5, 0.6) is 0 Å². The van der Waals surface area contributed by atoms with Gasteiger partial charge >= 0.3 is 16.5 Å². The molecule has 0 aromatic carbocycles. The summed E-state index contributed by atoms with van der Waals surface area (Å²) in [6.45, 7) is 2.27. The van der Waals surface area contributed by atoms with Gasteiger partial charge in [0.25, 0.3) is 0 Å². The molecule has 0 aromatic heterocycles. The molecule has 0 saturated heterocycles. The zero-order valence-corrected chi connectivity index (χ0v) is 7.99. The SMILES string of the molecule is C[C@@H](O)C(=O)[O-].C[C@@H](O)C(=O)[O-].[Ni+2]. The Balaban J connectivity index is -0.000000143. The van der Waals surface area contributed by atoms with Crippen LogP contribution >= 0.6 is 0 Å². The molecule has 0 spiro atoms. The largest absolute Gasteiger partial charge is 2.00 e. The molecule has 13 heavy (non-hydrogen) atoms. The molecule has 0 fully saturated rings. The summed E-state index contributed by atoms with van der Waals surface area (Å²) in [5, 5.41) is 34.6. The summed E-state index contributed by atoms with van der Waals surface area (Å²) in [7, 11) is 0. The molecule has 80 valence electrons. The van der Waals surface area contributed by atoms with Crippen LogP contribution in [-0.4, -0.2) is 34.4 Å². The van der Waals surface area contributed by atoms with Gasteiger partial charge in [0, 0.05) is 0 Å². The van der Waals surface area contributed by atoms with Crippen LogP contribution in [0.25, 0.3) is 0 Å². The Morgan fingerprint density at radius 3 is 1.08 bits per heavy atom. The zero-order chi connectivity index (χ0) is 10.3. The van der Waals surface area contributed by atoms with E-state index in [0.717, 1.165) is 13.8 Å². The monoisotopic (exact) mass is 236 g/mol. The van der Waals surface area contributed by atoms with E-state index in [-0.39, 0.29) is 16.5 Å². The van der Waals surface area contributed by atoms with E-state index in [1.807, 2.05) is 0 Å². The van der Waals surface area contributed by atoms with Crippen LogP contribution in [-0.2, 0) is 26.1 Å². The fraction of sp³-hybridized carbons (Fsp3) is 0.667. The molecule has 0 bridgehead atoms. The number of hydrogen-bond donors (Lipinski definition) is 2. The average molecular weight is 237 g/mol. The summed E-state index contributed by atoms with van der Waals surface area (Å²) in [5.74, 6) is -2.87. The van der Waals surface area contributed by atoms with Gasteiger partial charge in [0.1, 0.15) is 0 Å². The molecule has 0 aliphatic carbocycles. The smallest absolute Gasteiger partial charge is 0.547 e. The van der Waals surface area contributed by atoms with Crippen LogP contribution < -0.4 is 10.2 Å². The molecule has 0 unspecified atom stereocenters. The molecule has 0 heterocycles. The van der Waals surface area contributed by atoms with Crippen molar-refractivity contribution in [1.82, 2.24) is 0 Å². The standard InChI is InChI=1S/2C3H6O3.Ni/c2*1-2(4)3(5)6;/h2*2,4H,1H3,(H,5,6);/q;;+2/p-2/t2*2-;/m11./s1. The van der Waals surface area contributed by atoms with E-state index in [2.05, 4.69) is 0 Å². The molecule has 6 nitrogen and oxygen atoms in total. The van der Waals surface area contributed by atoms with Crippen molar-refractivity contribution in [2.24, 2.45) is 0 Å². The van der Waals surface area contributed by atoms with Gasteiger partial charge < -0.3 is 30.0 Å². The van der Waals surface area contributed by atoms with E-state index in [1.54, 1.807) is 0 Å². The Kier molecular flexibility index (Phi) is 13.2. The first-order valence-electron chi connectivity index (χ1n) is 3.06. The van der Waals surface area contributed by atoms with Crippen LogP contribution in [0.3, 0.4) is 0 Å². The van der Waals surface area contributed by atoms with Gasteiger partial charge in [-0.15, -0.1) is 0 Å². The first-order valence-corrected chi connectivity index (χ1v) is 3.06. The van der Waals surface area contributed by atoms with Crippen molar-refractivity contribution in [2.75, 3.05) is 0 Å². The number of carbonyl (C=O) groups is 2. The van der Waals surface area contributed by atoms with Gasteiger partial charge in [-0.2, -0.15) is 0 Å². The predicted octanol–water partition coefficient (Wildman–Crippen LogP) is -3.77. The van der Waals surface area contributed by atoms with Crippen molar-refractivity contribution in [3.8, 4) is 0 Å². The van der Waals surface area contributed by atoms with Crippen LogP contribution in [0.1, 0.15) is 13.8 Å². The maximum Gasteiger partial charge on any atom is 2.00 e. The molecule has 7 heteroatoms. The molecule has 2 atom stereocenters. The molecule has 0 radical (unpaired) electrons. The number of aliphatic hydroxyl groups is 2. The number of aliphatic carboxylic acids is 2. The Labute approximate surface area is 85.1 Å². The number of rotatable bonds is 2. The Morgan fingerprint density at radius 2 is 1.08 bits per heavy atom. The van der Waals surface area contributed by atoms with Crippen molar-refractivity contribution < 1.29 is 46.5 Å². The van der Waals surface area contributed by atoms with Crippen molar-refractivity contribution in [1.29, 1.82) is 0 Å². The molecular formula is C6H10NiO6. The average Bonchev–Trinajstić information content (AvgIpc) is 1.88. The third kappa shape index (κ3) is 18.4. The predicted molar refractivity (Wildman–Crippen MR) is 33.4 cm³/mol. The molecule has 0 aliphatic rings. The number of carboxylic acids is 2. The number of hydrogen-bond acceptors (Lipinski definition) is 6. The van der Waals surface area contributed by atoms with Crippen LogP contribution in [0.4, 0.5) is 0 Å². The van der Waals surface area contributed by atoms with Crippen LogP contribution in [0.2, 0.25) is 0 Å². The van der Waals surface area contributed by atoms with Crippen molar-refractivity contribution in [3.63, 3.8) is 0 Å². The summed E-state index contributed by atoms with van der Waals surface area (Å²) in [6, 6.07) is 0. The van der Waals surface area contributed by atoms with Gasteiger partial charge in [0.2, 0.25) is 0 Å². The minimum absolute atomic E-state index is 0. The normalized spacial score (nSPS) is 12.6. The van der Waals surface area contributed by atoms with Gasteiger partial charge in [-0.05, 0) is 13.8 Å². The second-order valence-corrected chi connectivity index (χ2v) is 1.99. The zero-order valence-electron chi connectivity index (χ0n) is 7.00. The Bertz CT molecular complexity index is 137. The number of carboxylic acid groups (broad SMARTS) is 2. The van der Waals surface area contributed by atoms with E-state index in [4.69, 9.17) is 10.2 Å². The maximum atomic E-state index is 9.34. The third-order valence-electron chi connectivity index (χ3n) is 0.682. The van der Waals surface area contributed by atoms with E-state index < -0.39 is 24.1 Å². The minimum Gasteiger partial charge on any atom is -0.547 e. The Morgan fingerprint density at radius 1 is 1.00 bits per heavy atom. The van der Waals surface area contributed by atoms with Gasteiger partial charge in [-0.3, -0.25) is 0 Å². The van der Waals surface area contributed by atoms with Gasteiger partial charge in [-0.1, -0.05) is 0 Å². The van der Waals surface area contributed by atoms with Crippen molar-refractivity contribution in [3.05, 3.63) is 0 Å². The quantitative estimate of drug-likeness (QED) is 0.475. The van der Waals surface area contributed by atoms with E-state index in [1.165, 1.54) is 0 Å². The molecule has 0 aliphatic heterocycles. The number of carbonyl (C=O) groups excluding carboxylic acids is 2. The maximum absolute atomic E-state index is 9.34. The van der Waals surface area contributed by atoms with Gasteiger partial charge in [0.05, 0.1) is 24.1 Å². The fourth-order valence-electron chi connectivity index (χ4n) is 0. The first kappa shape index (κ1) is 18.2. The second kappa shape index (κ2) is 9.44. The van der Waals surface area contributed by atoms with Crippen LogP contribution in [0, 0.1) is 0 Å². The summed E-state index contributed by atoms with van der Waals surface area (Å²) in [6.07, 6.45) is -2.69. The summed E-state index contributed by atoms with van der Waals surface area (Å²) >= 11 is 0. The molecule has 0 rings (SSSR count). The first-order chi connectivity index (χ1) is 5.29. The van der Waals surface area contributed by atoms with E-state index in [9.17, 15) is 19.8 Å². The minimum atomic E-state index is -1.44. The molecular weight excluding hydrogens is 227 g/mol. The molecule has 0 saturated carbocycles. The number of aliphatic hydroxyl groups excluding tert-OH is 2. The van der Waals surface area contributed by atoms with Crippen molar-refractivity contribution in [2.45, 2.75) is 26.1 Å². The topological polar surface area (TPSA) is 121 Å². The Hall–Kier alpha value is -0.646. The third-order valence-corrected chi connectivity index (χ3v) is 0.682. The van der Waals surface area contributed by atoms with Gasteiger partial charge in [-0.25, -0.2) is 0 Å². The summed E-state index contributed by atoms with van der Waals surface area (Å²) in [5.41, 5.74) is 0. The van der Waals surface area contributed by atoms with Crippen molar-refractivity contribution >= 4 is 11.9 Å². The van der Waals surface area contributed by atoms with E-state index in [0.29, 0.717) is 0 Å². The fourth-order valence-corrected chi connectivity index (χ4v) is 0. The van der Waals surface area contributed by atoms with Gasteiger partial charge in [0.15, 0.2) is 0 Å². The molecule has 2 N–H and O–H groups in total. The van der Waals surface area contributed by atoms with E-state index >= 15 is 0 Å².